The molecule has 0 unspecified atom stereocenters. The Labute approximate surface area is 151 Å². The highest BCUT2D eigenvalue weighted by atomic mass is 19.1. The zero-order chi connectivity index (χ0) is 18.6. The highest BCUT2D eigenvalue weighted by Crippen LogP contribution is 2.31. The van der Waals surface area contributed by atoms with Crippen LogP contribution in [0, 0.1) is 5.82 Å². The first-order chi connectivity index (χ1) is 12.5. The Morgan fingerprint density at radius 1 is 1.31 bits per heavy atom. The molecule has 1 saturated heterocycles. The zero-order valence-corrected chi connectivity index (χ0v) is 14.7. The highest BCUT2D eigenvalue weighted by Gasteiger charge is 2.44. The Hall–Kier alpha value is -2.54. The molecule has 0 radical (unpaired) electrons. The van der Waals surface area contributed by atoms with Crippen molar-refractivity contribution in [3.05, 3.63) is 53.9 Å². The number of nitrogens with zero attached hydrogens (tertiary/aromatic N) is 3. The van der Waals surface area contributed by atoms with Gasteiger partial charge >= 0.3 is 5.97 Å². The van der Waals surface area contributed by atoms with E-state index in [-0.39, 0.29) is 18.6 Å². The number of para-hydroxylation sites is 1. The van der Waals surface area contributed by atoms with Gasteiger partial charge in [0.2, 0.25) is 5.60 Å². The van der Waals surface area contributed by atoms with E-state index in [4.69, 9.17) is 4.74 Å². The maximum atomic E-state index is 13.9. The lowest BCUT2D eigenvalue weighted by Gasteiger charge is -2.38. The quantitative estimate of drug-likeness (QED) is 0.855. The van der Waals surface area contributed by atoms with Gasteiger partial charge in [-0.05, 0) is 18.2 Å². The van der Waals surface area contributed by atoms with Gasteiger partial charge in [0.05, 0.1) is 5.69 Å². The molecule has 0 aliphatic carbocycles. The monoisotopic (exact) mass is 359 g/mol. The van der Waals surface area contributed by atoms with Crippen LogP contribution >= 0.6 is 0 Å². The molecule has 1 aromatic carbocycles. The first-order valence-electron chi connectivity index (χ1n) is 8.72. The summed E-state index contributed by atoms with van der Waals surface area (Å²) in [6, 6.07) is 7.77. The van der Waals surface area contributed by atoms with Crippen LogP contribution in [0.1, 0.15) is 31.3 Å². The van der Waals surface area contributed by atoms with E-state index in [1.807, 2.05) is 13.0 Å². The molecule has 0 bridgehead atoms. The molecule has 0 saturated carbocycles. The third kappa shape index (κ3) is 3.99. The lowest BCUT2D eigenvalue weighted by atomic mass is 9.91. The van der Waals surface area contributed by atoms with Crippen molar-refractivity contribution in [3.63, 3.8) is 0 Å². The molecule has 0 atom stereocenters. The van der Waals surface area contributed by atoms with E-state index in [0.29, 0.717) is 19.6 Å². The summed E-state index contributed by atoms with van der Waals surface area (Å²) in [4.78, 5) is 22.7. The Balaban J connectivity index is 1.67. The molecule has 1 N–H and O–H groups in total. The number of rotatable bonds is 6. The number of aryl methyl sites for hydroxylation is 1. The number of likely N-dealkylation sites (tertiary alicyclic amines) is 1. The SMILES string of the molecule is CCc1nccc(CN2CCC(Oc3ccccc3F)(C(=O)O)CC2)n1. The summed E-state index contributed by atoms with van der Waals surface area (Å²) >= 11 is 0. The number of carbonyl (C=O) groups is 1. The van der Waals surface area contributed by atoms with Gasteiger partial charge in [-0.3, -0.25) is 4.90 Å². The van der Waals surface area contributed by atoms with Crippen molar-refractivity contribution < 1.29 is 19.0 Å². The molecule has 0 amide bonds. The average molecular weight is 359 g/mol. The Morgan fingerprint density at radius 2 is 2.04 bits per heavy atom. The number of benzene rings is 1. The van der Waals surface area contributed by atoms with Gasteiger partial charge in [-0.2, -0.15) is 0 Å². The molecule has 0 spiro atoms. The normalized spacial score (nSPS) is 17.0. The molecule has 1 aromatic heterocycles. The minimum atomic E-state index is -1.40. The van der Waals surface area contributed by atoms with Gasteiger partial charge in [-0.25, -0.2) is 19.2 Å². The van der Waals surface area contributed by atoms with Crippen molar-refractivity contribution in [2.75, 3.05) is 13.1 Å². The van der Waals surface area contributed by atoms with Crippen molar-refractivity contribution >= 4 is 5.97 Å². The topological polar surface area (TPSA) is 75.6 Å². The smallest absolute Gasteiger partial charge is 0.348 e. The summed E-state index contributed by atoms with van der Waals surface area (Å²) in [6.07, 6.45) is 3.07. The number of halogens is 1. The second-order valence-corrected chi connectivity index (χ2v) is 6.43. The van der Waals surface area contributed by atoms with E-state index in [9.17, 15) is 14.3 Å². The highest BCUT2D eigenvalue weighted by molar-refractivity contribution is 5.78. The molecule has 7 heteroatoms. The third-order valence-corrected chi connectivity index (χ3v) is 4.66. The van der Waals surface area contributed by atoms with Crippen molar-refractivity contribution in [1.82, 2.24) is 14.9 Å². The fraction of sp³-hybridized carbons (Fsp3) is 0.421. The van der Waals surface area contributed by atoms with Crippen LogP contribution in [0.5, 0.6) is 5.75 Å². The maximum absolute atomic E-state index is 13.9. The van der Waals surface area contributed by atoms with E-state index in [0.717, 1.165) is 17.9 Å². The van der Waals surface area contributed by atoms with Gasteiger partial charge in [0, 0.05) is 45.1 Å². The van der Waals surface area contributed by atoms with Crippen molar-refractivity contribution in [2.24, 2.45) is 0 Å². The first-order valence-corrected chi connectivity index (χ1v) is 8.72. The molecule has 1 fully saturated rings. The van der Waals surface area contributed by atoms with Crippen molar-refractivity contribution in [1.29, 1.82) is 0 Å². The van der Waals surface area contributed by atoms with Gasteiger partial charge in [-0.15, -0.1) is 0 Å². The van der Waals surface area contributed by atoms with Crippen LogP contribution in [0.25, 0.3) is 0 Å². The number of piperidine rings is 1. The number of carboxylic acid groups (broad SMARTS) is 1. The van der Waals surface area contributed by atoms with E-state index in [1.54, 1.807) is 18.3 Å². The largest absolute Gasteiger partial charge is 0.478 e. The van der Waals surface area contributed by atoms with Gasteiger partial charge in [-0.1, -0.05) is 19.1 Å². The van der Waals surface area contributed by atoms with E-state index < -0.39 is 17.4 Å². The van der Waals surface area contributed by atoms with E-state index >= 15 is 0 Å². The summed E-state index contributed by atoms with van der Waals surface area (Å²) in [5, 5.41) is 9.70. The van der Waals surface area contributed by atoms with Crippen molar-refractivity contribution in [3.8, 4) is 5.75 Å². The van der Waals surface area contributed by atoms with Gasteiger partial charge in [0.15, 0.2) is 11.6 Å². The number of hydrogen-bond donors (Lipinski definition) is 1. The fourth-order valence-electron chi connectivity index (χ4n) is 3.10. The molecule has 6 nitrogen and oxygen atoms in total. The van der Waals surface area contributed by atoms with Crippen LogP contribution in [-0.4, -0.2) is 44.6 Å². The van der Waals surface area contributed by atoms with Crippen LogP contribution < -0.4 is 4.74 Å². The number of aliphatic carboxylic acids is 1. The first kappa shape index (κ1) is 18.3. The summed E-state index contributed by atoms with van der Waals surface area (Å²) in [5.74, 6) is -0.839. The predicted octanol–water partition coefficient (Wildman–Crippen LogP) is 2.68. The van der Waals surface area contributed by atoms with Crippen molar-refractivity contribution in [2.45, 2.75) is 38.3 Å². The predicted molar refractivity (Wildman–Crippen MR) is 93.3 cm³/mol. The van der Waals surface area contributed by atoms with Crippen LogP contribution in [0.4, 0.5) is 4.39 Å². The maximum Gasteiger partial charge on any atom is 0.348 e. The second kappa shape index (κ2) is 7.78. The number of carboxylic acids is 1. The number of aromatic nitrogens is 2. The Bertz CT molecular complexity index is 776. The molecule has 26 heavy (non-hydrogen) atoms. The molecule has 1 aliphatic heterocycles. The fourth-order valence-corrected chi connectivity index (χ4v) is 3.10. The summed E-state index contributed by atoms with van der Waals surface area (Å²) in [6.45, 7) is 3.70. The average Bonchev–Trinajstić information content (AvgIpc) is 2.65. The van der Waals surface area contributed by atoms with Crippen LogP contribution in [0.2, 0.25) is 0 Å². The molecule has 2 heterocycles. The van der Waals surface area contributed by atoms with E-state index in [2.05, 4.69) is 14.9 Å². The van der Waals surface area contributed by atoms with Crippen LogP contribution in [-0.2, 0) is 17.8 Å². The van der Waals surface area contributed by atoms with Crippen LogP contribution in [0.15, 0.2) is 36.5 Å². The summed E-state index contributed by atoms with van der Waals surface area (Å²) < 4.78 is 19.5. The molecule has 2 aromatic rings. The molecule has 3 rings (SSSR count). The van der Waals surface area contributed by atoms with Crippen LogP contribution in [0.3, 0.4) is 0 Å². The lowest BCUT2D eigenvalue weighted by Crippen LogP contribution is -2.53. The molecular formula is C19H22FN3O3. The molecule has 138 valence electrons. The van der Waals surface area contributed by atoms with Gasteiger partial charge < -0.3 is 9.84 Å². The minimum absolute atomic E-state index is 0.0215. The standard InChI is InChI=1S/C19H22FN3O3/c1-2-17-21-10-7-14(22-17)13-23-11-8-19(9-12-23,18(24)25)26-16-6-4-3-5-15(16)20/h3-7,10H,2,8-9,11-13H2,1H3,(H,24,25). The second-order valence-electron chi connectivity index (χ2n) is 6.43. The summed E-state index contributed by atoms with van der Waals surface area (Å²) in [5.41, 5.74) is -0.492. The Morgan fingerprint density at radius 3 is 2.69 bits per heavy atom. The lowest BCUT2D eigenvalue weighted by molar-refractivity contribution is -0.160. The number of ether oxygens (including phenoxy) is 1. The van der Waals surface area contributed by atoms with Gasteiger partial charge in [0.25, 0.3) is 0 Å². The van der Waals surface area contributed by atoms with E-state index in [1.165, 1.54) is 12.1 Å². The zero-order valence-electron chi connectivity index (χ0n) is 14.7. The minimum Gasteiger partial charge on any atom is -0.478 e. The third-order valence-electron chi connectivity index (χ3n) is 4.66. The Kier molecular flexibility index (Phi) is 5.46. The molecular weight excluding hydrogens is 337 g/mol. The summed E-state index contributed by atoms with van der Waals surface area (Å²) in [7, 11) is 0. The molecule has 1 aliphatic rings. The van der Waals surface area contributed by atoms with Gasteiger partial charge in [0.1, 0.15) is 5.82 Å². The number of hydrogen-bond acceptors (Lipinski definition) is 5.